The monoisotopic (exact) mass is 663 g/mol. The standard InChI is InChI=1S/C21H29N3.C13H22N4.C7H6O/c1-3-7-18(8-4-1)11-12-21-22-15-20-17-23(13-14-24(20)21)16-19-9-5-2-6-10-19;14-13-15-8-12-10-16(6-7-17(12)13)9-11-4-2-1-3-5-11;8-6-7-4-2-1-3-5-7/h1,3-4,7-8,15,19H,2,5-6,9-14,16-17H2;8,11H,1-7,9-10H2,(H2,14,15);1-6H. The van der Waals surface area contributed by atoms with Crippen molar-refractivity contribution in [1.82, 2.24) is 28.9 Å². The van der Waals surface area contributed by atoms with Crippen LogP contribution in [0, 0.1) is 11.8 Å². The number of carbonyl (C=O) groups is 1. The topological polar surface area (TPSA) is 85.2 Å². The minimum absolute atomic E-state index is 0.678. The van der Waals surface area contributed by atoms with Crippen molar-refractivity contribution in [3.63, 3.8) is 0 Å². The number of anilines is 1. The molecule has 0 amide bonds. The average Bonchev–Trinajstić information content (AvgIpc) is 3.75. The van der Waals surface area contributed by atoms with Crippen LogP contribution in [-0.2, 0) is 39.0 Å². The number of hydrogen-bond acceptors (Lipinski definition) is 6. The van der Waals surface area contributed by atoms with Gasteiger partial charge in [-0.15, -0.1) is 0 Å². The first-order valence-corrected chi connectivity index (χ1v) is 19.0. The molecule has 8 nitrogen and oxygen atoms in total. The maximum absolute atomic E-state index is 10.0. The summed E-state index contributed by atoms with van der Waals surface area (Å²) in [4.78, 5) is 24.2. The van der Waals surface area contributed by atoms with Gasteiger partial charge in [-0.3, -0.25) is 14.6 Å². The van der Waals surface area contributed by atoms with E-state index in [0.717, 1.165) is 69.3 Å². The van der Waals surface area contributed by atoms with Gasteiger partial charge >= 0.3 is 0 Å². The Morgan fingerprint density at radius 2 is 1.16 bits per heavy atom. The second-order valence-corrected chi connectivity index (χ2v) is 14.6. The smallest absolute Gasteiger partial charge is 0.200 e. The minimum Gasteiger partial charge on any atom is -0.369 e. The molecule has 4 aliphatic rings. The van der Waals surface area contributed by atoms with Crippen LogP contribution in [0.15, 0.2) is 73.1 Å². The highest BCUT2D eigenvalue weighted by atomic mass is 16.1. The molecule has 4 aromatic rings. The van der Waals surface area contributed by atoms with E-state index >= 15 is 0 Å². The summed E-state index contributed by atoms with van der Waals surface area (Å²) in [6, 6.07) is 19.9. The van der Waals surface area contributed by atoms with Gasteiger partial charge in [0, 0.05) is 70.5 Å². The fraction of sp³-hybridized carbons (Fsp3) is 0.537. The van der Waals surface area contributed by atoms with Crippen molar-refractivity contribution in [2.75, 3.05) is 31.9 Å². The van der Waals surface area contributed by atoms with E-state index in [4.69, 9.17) is 10.7 Å². The molecule has 0 atom stereocenters. The Bertz CT molecular complexity index is 1540. The molecular formula is C41H57N7O. The molecule has 2 saturated carbocycles. The van der Waals surface area contributed by atoms with Crippen LogP contribution in [0.5, 0.6) is 0 Å². The van der Waals surface area contributed by atoms with Gasteiger partial charge in [0.2, 0.25) is 0 Å². The van der Waals surface area contributed by atoms with Gasteiger partial charge in [-0.2, -0.15) is 0 Å². The van der Waals surface area contributed by atoms with Crippen LogP contribution < -0.4 is 5.73 Å². The second kappa shape index (κ2) is 18.3. The highest BCUT2D eigenvalue weighted by Crippen LogP contribution is 2.27. The number of rotatable bonds is 8. The van der Waals surface area contributed by atoms with Crippen LogP contribution in [0.1, 0.15) is 97.3 Å². The van der Waals surface area contributed by atoms with Gasteiger partial charge in [-0.1, -0.05) is 99.2 Å². The number of nitrogen functional groups attached to an aromatic ring is 1. The molecule has 2 aromatic carbocycles. The van der Waals surface area contributed by atoms with Crippen molar-refractivity contribution in [1.29, 1.82) is 0 Å². The average molecular weight is 664 g/mol. The molecular weight excluding hydrogens is 606 g/mol. The molecule has 2 N–H and O–H groups in total. The van der Waals surface area contributed by atoms with E-state index in [9.17, 15) is 4.79 Å². The largest absolute Gasteiger partial charge is 0.369 e. The lowest BCUT2D eigenvalue weighted by Crippen LogP contribution is -2.37. The van der Waals surface area contributed by atoms with Crippen molar-refractivity contribution in [2.24, 2.45) is 11.8 Å². The highest BCUT2D eigenvalue weighted by molar-refractivity contribution is 5.74. The number of hydrogen-bond donors (Lipinski definition) is 1. The van der Waals surface area contributed by atoms with Gasteiger partial charge in [-0.25, -0.2) is 9.97 Å². The number of aromatic nitrogens is 4. The molecule has 2 aliphatic heterocycles. The first-order valence-electron chi connectivity index (χ1n) is 19.0. The van der Waals surface area contributed by atoms with Crippen LogP contribution in [0.2, 0.25) is 0 Å². The summed E-state index contributed by atoms with van der Waals surface area (Å²) in [6.45, 7) is 9.13. The number of fused-ring (bicyclic) bond motifs is 2. The van der Waals surface area contributed by atoms with Crippen LogP contribution in [-0.4, -0.2) is 61.4 Å². The second-order valence-electron chi connectivity index (χ2n) is 14.6. The third-order valence-electron chi connectivity index (χ3n) is 10.9. The van der Waals surface area contributed by atoms with Gasteiger partial charge in [-0.05, 0) is 49.5 Å². The molecule has 49 heavy (non-hydrogen) atoms. The van der Waals surface area contributed by atoms with Crippen molar-refractivity contribution < 1.29 is 4.79 Å². The number of imidazole rings is 2. The van der Waals surface area contributed by atoms with E-state index in [1.165, 1.54) is 107 Å². The Morgan fingerprint density at radius 1 is 0.633 bits per heavy atom. The highest BCUT2D eigenvalue weighted by Gasteiger charge is 2.24. The van der Waals surface area contributed by atoms with Gasteiger partial charge in [0.25, 0.3) is 0 Å². The summed E-state index contributed by atoms with van der Waals surface area (Å²) in [5, 5.41) is 0. The number of aldehydes is 1. The summed E-state index contributed by atoms with van der Waals surface area (Å²) in [7, 11) is 0. The quantitative estimate of drug-likeness (QED) is 0.198. The number of aryl methyl sites for hydroxylation is 2. The molecule has 2 fully saturated rings. The Balaban J connectivity index is 0.000000144. The Hall–Kier alpha value is -3.75. The zero-order chi connectivity index (χ0) is 33.7. The van der Waals surface area contributed by atoms with Gasteiger partial charge in [0.05, 0.1) is 17.6 Å². The van der Waals surface area contributed by atoms with E-state index in [1.54, 1.807) is 12.1 Å². The fourth-order valence-corrected chi connectivity index (χ4v) is 8.18. The maximum atomic E-state index is 10.0. The SMILES string of the molecule is Nc1ncc2n1CCN(CC1CCCCC1)C2.O=Cc1ccccc1.c1ccc(CCc2ncc3n2CCN(CC2CCCCC2)C3)cc1. The normalized spacial score (nSPS) is 18.7. The van der Waals surface area contributed by atoms with E-state index in [2.05, 4.69) is 60.4 Å². The van der Waals surface area contributed by atoms with Crippen LogP contribution >= 0.6 is 0 Å². The van der Waals surface area contributed by atoms with E-state index < -0.39 is 0 Å². The summed E-state index contributed by atoms with van der Waals surface area (Å²) < 4.78 is 4.62. The molecule has 0 spiro atoms. The first-order chi connectivity index (χ1) is 24.1. The van der Waals surface area contributed by atoms with Crippen molar-refractivity contribution in [2.45, 2.75) is 103 Å². The number of nitrogens with zero attached hydrogens (tertiary/aromatic N) is 6. The molecule has 8 heteroatoms. The molecule has 0 saturated heterocycles. The number of nitrogens with two attached hydrogens (primary N) is 1. The Morgan fingerprint density at radius 3 is 1.73 bits per heavy atom. The zero-order valence-electron chi connectivity index (χ0n) is 29.5. The molecule has 8 rings (SSSR count). The van der Waals surface area contributed by atoms with Crippen LogP contribution in [0.4, 0.5) is 5.95 Å². The molecule has 2 aliphatic carbocycles. The minimum atomic E-state index is 0.678. The maximum Gasteiger partial charge on any atom is 0.200 e. The van der Waals surface area contributed by atoms with E-state index in [-0.39, 0.29) is 0 Å². The lowest BCUT2D eigenvalue weighted by Gasteiger charge is -2.33. The molecule has 0 bridgehead atoms. The van der Waals surface area contributed by atoms with Crippen LogP contribution in [0.3, 0.4) is 0 Å². The summed E-state index contributed by atoms with van der Waals surface area (Å²) in [5.74, 6) is 3.81. The molecule has 4 heterocycles. The van der Waals surface area contributed by atoms with E-state index in [0.29, 0.717) is 5.95 Å². The van der Waals surface area contributed by atoms with E-state index in [1.807, 2.05) is 24.4 Å². The van der Waals surface area contributed by atoms with Crippen molar-refractivity contribution in [3.8, 4) is 0 Å². The molecule has 0 radical (unpaired) electrons. The number of benzene rings is 2. The van der Waals surface area contributed by atoms with Crippen molar-refractivity contribution >= 4 is 12.2 Å². The third-order valence-corrected chi connectivity index (χ3v) is 10.9. The molecule has 262 valence electrons. The fourth-order valence-electron chi connectivity index (χ4n) is 8.18. The van der Waals surface area contributed by atoms with Gasteiger partial charge in [0.1, 0.15) is 12.1 Å². The summed E-state index contributed by atoms with van der Waals surface area (Å²) in [5.41, 5.74) is 10.7. The lowest BCUT2D eigenvalue weighted by molar-refractivity contribution is 0.112. The van der Waals surface area contributed by atoms with Crippen LogP contribution in [0.25, 0.3) is 0 Å². The van der Waals surface area contributed by atoms with Gasteiger partial charge in [0.15, 0.2) is 5.95 Å². The first kappa shape index (κ1) is 35.1. The Kier molecular flexibility index (Phi) is 13.1. The predicted molar refractivity (Wildman–Crippen MR) is 198 cm³/mol. The third kappa shape index (κ3) is 10.4. The Labute approximate surface area is 293 Å². The molecule has 2 aromatic heterocycles. The lowest BCUT2D eigenvalue weighted by atomic mass is 9.89. The summed E-state index contributed by atoms with van der Waals surface area (Å²) in [6.07, 6.45) is 21.4. The zero-order valence-corrected chi connectivity index (χ0v) is 29.5. The van der Waals surface area contributed by atoms with Crippen molar-refractivity contribution in [3.05, 3.63) is 101 Å². The summed E-state index contributed by atoms with van der Waals surface area (Å²) >= 11 is 0. The van der Waals surface area contributed by atoms with Gasteiger partial charge < -0.3 is 14.9 Å². The number of carbonyl (C=O) groups excluding carboxylic acids is 1. The predicted octanol–water partition coefficient (Wildman–Crippen LogP) is 7.42. The molecule has 0 unspecified atom stereocenters.